The van der Waals surface area contributed by atoms with Crippen LogP contribution >= 0.6 is 12.2 Å². The monoisotopic (exact) mass is 178 g/mol. The maximum atomic E-state index is 10.6. The zero-order valence-electron chi connectivity index (χ0n) is 6.11. The first-order valence-corrected chi connectivity index (χ1v) is 3.56. The van der Waals surface area contributed by atoms with Crippen molar-refractivity contribution < 1.29 is 19.7 Å². The maximum Gasteiger partial charge on any atom is 0.343 e. The smallest absolute Gasteiger partial charge is 0.343 e. The fourth-order valence-electron chi connectivity index (χ4n) is 0.327. The van der Waals surface area contributed by atoms with Crippen LogP contribution in [0.5, 0.6) is 0 Å². The molecule has 0 rings (SSSR count). The van der Waals surface area contributed by atoms with Gasteiger partial charge in [-0.25, -0.2) is 4.79 Å². The van der Waals surface area contributed by atoms with Gasteiger partial charge in [-0.2, -0.15) is 0 Å². The summed E-state index contributed by atoms with van der Waals surface area (Å²) in [4.78, 5) is 10.6. The van der Waals surface area contributed by atoms with Gasteiger partial charge in [-0.15, -0.1) is 0 Å². The van der Waals surface area contributed by atoms with Gasteiger partial charge in [0.1, 0.15) is 0 Å². The third kappa shape index (κ3) is 4.02. The lowest BCUT2D eigenvalue weighted by Crippen LogP contribution is -2.27. The van der Waals surface area contributed by atoms with Crippen molar-refractivity contribution in [1.29, 1.82) is 0 Å². The van der Waals surface area contributed by atoms with Gasteiger partial charge in [-0.1, -0.05) is 6.92 Å². The maximum absolute atomic E-state index is 10.6. The van der Waals surface area contributed by atoms with Crippen LogP contribution in [-0.4, -0.2) is 33.9 Å². The minimum Gasteiger partial charge on any atom is -0.417 e. The first kappa shape index (κ1) is 10.5. The van der Waals surface area contributed by atoms with Gasteiger partial charge in [-0.05, 0) is 12.2 Å². The Balaban J connectivity index is 3.77. The molecule has 11 heavy (non-hydrogen) atoms. The van der Waals surface area contributed by atoms with Crippen molar-refractivity contribution >= 4 is 23.2 Å². The molecule has 0 bridgehead atoms. The first-order valence-electron chi connectivity index (χ1n) is 3.15. The first-order chi connectivity index (χ1) is 5.11. The fourth-order valence-corrected chi connectivity index (χ4v) is 0.409. The van der Waals surface area contributed by atoms with Gasteiger partial charge in [0.2, 0.25) is 0 Å². The Bertz CT molecular complexity index is 157. The average molecular weight is 178 g/mol. The third-order valence-electron chi connectivity index (χ3n) is 0.948. The Hall–Kier alpha value is -0.520. The van der Waals surface area contributed by atoms with Crippen LogP contribution in [0.2, 0.25) is 0 Å². The molecule has 0 aliphatic heterocycles. The van der Waals surface area contributed by atoms with Gasteiger partial charge >= 0.3 is 5.97 Å². The van der Waals surface area contributed by atoms with Gasteiger partial charge < -0.3 is 14.9 Å². The Morgan fingerprint density at radius 1 is 1.73 bits per heavy atom. The molecule has 0 aromatic heterocycles. The van der Waals surface area contributed by atoms with Gasteiger partial charge in [0.05, 0.1) is 6.61 Å². The highest BCUT2D eigenvalue weighted by molar-refractivity contribution is 7.80. The number of ether oxygens (including phenoxy) is 1. The van der Waals surface area contributed by atoms with Crippen LogP contribution in [0.1, 0.15) is 13.3 Å². The van der Waals surface area contributed by atoms with Gasteiger partial charge in [-0.3, -0.25) is 0 Å². The van der Waals surface area contributed by atoms with Crippen LogP contribution in [-0.2, 0) is 9.53 Å². The molecular weight excluding hydrogens is 168 g/mol. The lowest BCUT2D eigenvalue weighted by molar-refractivity contribution is -0.146. The van der Waals surface area contributed by atoms with Crippen LogP contribution in [0.4, 0.5) is 0 Å². The van der Waals surface area contributed by atoms with E-state index in [1.54, 1.807) is 6.92 Å². The molecule has 0 amide bonds. The van der Waals surface area contributed by atoms with Crippen molar-refractivity contribution in [3.05, 3.63) is 0 Å². The molecule has 0 heterocycles. The second-order valence-corrected chi connectivity index (χ2v) is 2.30. The SMILES string of the molecule is CCC(=S)OC(=O)C(O)CO. The highest BCUT2D eigenvalue weighted by atomic mass is 32.1. The van der Waals surface area contributed by atoms with Gasteiger partial charge in [0.25, 0.3) is 0 Å². The second-order valence-electron chi connectivity index (χ2n) is 1.85. The summed E-state index contributed by atoms with van der Waals surface area (Å²) in [6.45, 7) is 1.08. The minimum atomic E-state index is -1.49. The van der Waals surface area contributed by atoms with E-state index in [0.29, 0.717) is 6.42 Å². The lowest BCUT2D eigenvalue weighted by Gasteiger charge is -2.06. The summed E-state index contributed by atoms with van der Waals surface area (Å²) in [6, 6.07) is 0. The zero-order chi connectivity index (χ0) is 8.85. The summed E-state index contributed by atoms with van der Waals surface area (Å²) in [5.41, 5.74) is 0. The van der Waals surface area contributed by atoms with Crippen molar-refractivity contribution in [2.75, 3.05) is 6.61 Å². The average Bonchev–Trinajstić information content (AvgIpc) is 2.02. The number of carbonyl (C=O) groups excluding carboxylic acids is 1. The number of thiocarbonyl (C=S) groups is 1. The standard InChI is InChI=1S/C6H10O4S/c1-2-5(11)10-6(9)4(8)3-7/h4,7-8H,2-3H2,1H3. The van der Waals surface area contributed by atoms with E-state index >= 15 is 0 Å². The van der Waals surface area contributed by atoms with Crippen molar-refractivity contribution in [3.63, 3.8) is 0 Å². The fraction of sp³-hybridized carbons (Fsp3) is 0.667. The molecule has 1 atom stereocenters. The molecule has 0 aromatic rings. The molecule has 0 saturated heterocycles. The van der Waals surface area contributed by atoms with E-state index in [0.717, 1.165) is 0 Å². The molecule has 5 heteroatoms. The lowest BCUT2D eigenvalue weighted by atomic mass is 10.4. The molecule has 0 spiro atoms. The van der Waals surface area contributed by atoms with E-state index in [1.807, 2.05) is 0 Å². The van der Waals surface area contributed by atoms with Crippen molar-refractivity contribution in [2.24, 2.45) is 0 Å². The van der Waals surface area contributed by atoms with E-state index in [4.69, 9.17) is 10.2 Å². The molecule has 64 valence electrons. The molecule has 4 nitrogen and oxygen atoms in total. The number of hydrogen-bond donors (Lipinski definition) is 2. The molecule has 2 N–H and O–H groups in total. The molecular formula is C6H10O4S. The number of rotatable bonds is 3. The van der Waals surface area contributed by atoms with Crippen LogP contribution in [0.25, 0.3) is 0 Å². The van der Waals surface area contributed by atoms with Crippen LogP contribution in [0.15, 0.2) is 0 Å². The molecule has 0 aromatic carbocycles. The van der Waals surface area contributed by atoms with Crippen LogP contribution in [0.3, 0.4) is 0 Å². The highest BCUT2D eigenvalue weighted by Crippen LogP contribution is 1.93. The summed E-state index contributed by atoms with van der Waals surface area (Å²) in [5, 5.41) is 17.1. The molecule has 0 saturated carbocycles. The number of aliphatic hydroxyl groups excluding tert-OH is 2. The predicted octanol–water partition coefficient (Wildman–Crippen LogP) is -0.380. The Labute approximate surface area is 69.8 Å². The second kappa shape index (κ2) is 5.17. The summed E-state index contributed by atoms with van der Waals surface area (Å²) in [7, 11) is 0. The van der Waals surface area contributed by atoms with E-state index in [-0.39, 0.29) is 5.05 Å². The topological polar surface area (TPSA) is 66.8 Å². The molecule has 0 fully saturated rings. The van der Waals surface area contributed by atoms with Crippen LogP contribution in [0, 0.1) is 0 Å². The predicted molar refractivity (Wildman–Crippen MR) is 42.1 cm³/mol. The molecule has 0 radical (unpaired) electrons. The summed E-state index contributed by atoms with van der Waals surface area (Å²) >= 11 is 4.56. The molecule has 0 aliphatic rings. The Morgan fingerprint density at radius 2 is 2.27 bits per heavy atom. The van der Waals surface area contributed by atoms with E-state index in [2.05, 4.69) is 17.0 Å². The van der Waals surface area contributed by atoms with Crippen molar-refractivity contribution in [1.82, 2.24) is 0 Å². The van der Waals surface area contributed by atoms with Crippen molar-refractivity contribution in [2.45, 2.75) is 19.4 Å². The minimum absolute atomic E-state index is 0.113. The quantitative estimate of drug-likeness (QED) is 0.455. The third-order valence-corrected chi connectivity index (χ3v) is 1.32. The molecule has 1 unspecified atom stereocenters. The van der Waals surface area contributed by atoms with E-state index < -0.39 is 18.7 Å². The Kier molecular flexibility index (Phi) is 4.93. The van der Waals surface area contributed by atoms with E-state index in [1.165, 1.54) is 0 Å². The highest BCUT2D eigenvalue weighted by Gasteiger charge is 2.16. The van der Waals surface area contributed by atoms with Gasteiger partial charge in [0.15, 0.2) is 11.2 Å². The largest absolute Gasteiger partial charge is 0.417 e. The Morgan fingerprint density at radius 3 is 2.64 bits per heavy atom. The van der Waals surface area contributed by atoms with Crippen molar-refractivity contribution in [3.8, 4) is 0 Å². The number of hydrogen-bond acceptors (Lipinski definition) is 5. The van der Waals surface area contributed by atoms with E-state index in [9.17, 15) is 4.79 Å². The number of carbonyl (C=O) groups is 1. The normalized spacial score (nSPS) is 12.3. The summed E-state index contributed by atoms with van der Waals surface area (Å²) < 4.78 is 4.43. The summed E-state index contributed by atoms with van der Waals surface area (Å²) in [6.07, 6.45) is -1.06. The summed E-state index contributed by atoms with van der Waals surface area (Å²) in [5.74, 6) is -0.903. The van der Waals surface area contributed by atoms with Crippen LogP contribution < -0.4 is 0 Å². The number of aliphatic hydroxyl groups is 2. The molecule has 0 aliphatic carbocycles. The van der Waals surface area contributed by atoms with Gasteiger partial charge in [0, 0.05) is 6.42 Å². The zero-order valence-corrected chi connectivity index (χ0v) is 6.93. The number of esters is 1.